The minimum atomic E-state index is -1.78. The fourth-order valence-electron chi connectivity index (χ4n) is 3.55. The van der Waals surface area contributed by atoms with Gasteiger partial charge in [-0.2, -0.15) is 0 Å². The van der Waals surface area contributed by atoms with Gasteiger partial charge in [-0.25, -0.2) is 0 Å². The van der Waals surface area contributed by atoms with Crippen LogP contribution in [0.15, 0.2) is 33.5 Å². The molecule has 13 heteroatoms. The van der Waals surface area contributed by atoms with Crippen LogP contribution in [-0.4, -0.2) is 83.3 Å². The molecule has 1 unspecified atom stereocenters. The van der Waals surface area contributed by atoms with Crippen LogP contribution in [0.2, 0.25) is 0 Å². The summed E-state index contributed by atoms with van der Waals surface area (Å²) in [7, 11) is 0. The van der Waals surface area contributed by atoms with E-state index in [2.05, 4.69) is 0 Å². The van der Waals surface area contributed by atoms with Crippen molar-refractivity contribution in [3.05, 3.63) is 34.5 Å². The second kappa shape index (κ2) is 8.55. The van der Waals surface area contributed by atoms with Crippen LogP contribution in [-0.2, 0) is 4.74 Å². The zero-order chi connectivity index (χ0) is 24.9. The Kier molecular flexibility index (Phi) is 5.89. The maximum atomic E-state index is 12.6. The smallest absolute Gasteiger partial charge is 0.238 e. The first kappa shape index (κ1) is 23.4. The molecular formula is C21H20O13. The topological polar surface area (TPSA) is 231 Å². The third kappa shape index (κ3) is 3.70. The summed E-state index contributed by atoms with van der Waals surface area (Å²) >= 11 is 0. The van der Waals surface area contributed by atoms with Crippen LogP contribution < -0.4 is 10.2 Å². The highest BCUT2D eigenvalue weighted by Gasteiger charge is 2.45. The molecule has 34 heavy (non-hydrogen) atoms. The van der Waals surface area contributed by atoms with Gasteiger partial charge >= 0.3 is 0 Å². The van der Waals surface area contributed by atoms with Gasteiger partial charge in [-0.3, -0.25) is 4.79 Å². The molecule has 1 fully saturated rings. The van der Waals surface area contributed by atoms with Crippen LogP contribution in [0.5, 0.6) is 34.5 Å². The maximum Gasteiger partial charge on any atom is 0.238 e. The van der Waals surface area contributed by atoms with Crippen LogP contribution in [0.3, 0.4) is 0 Å². The van der Waals surface area contributed by atoms with E-state index in [0.717, 1.165) is 12.1 Å². The Labute approximate surface area is 189 Å². The summed E-state index contributed by atoms with van der Waals surface area (Å²) in [6.45, 7) is -0.712. The SMILES string of the molecule is O=c1c(O)c(-c2ccc(O)c(OC3O[C@H](CO)[C@@H](O)[C@H](O)[C@H]3O)c2)oc2c(O)c(O)cc(O)c12. The molecule has 0 aliphatic carbocycles. The predicted octanol–water partition coefficient (Wildman–Crippen LogP) is -0.833. The minimum Gasteiger partial charge on any atom is -0.507 e. The van der Waals surface area contributed by atoms with Crippen molar-refractivity contribution in [2.45, 2.75) is 30.7 Å². The molecule has 9 N–H and O–H groups in total. The van der Waals surface area contributed by atoms with Crippen molar-refractivity contribution in [2.75, 3.05) is 6.61 Å². The highest BCUT2D eigenvalue weighted by molar-refractivity contribution is 5.92. The second-order valence-corrected chi connectivity index (χ2v) is 7.57. The number of ether oxygens (including phenoxy) is 2. The summed E-state index contributed by atoms with van der Waals surface area (Å²) in [4.78, 5) is 12.6. The first-order valence-corrected chi connectivity index (χ1v) is 9.79. The number of rotatable bonds is 4. The van der Waals surface area contributed by atoms with Crippen LogP contribution in [0, 0.1) is 0 Å². The van der Waals surface area contributed by atoms with Crippen LogP contribution in [0.1, 0.15) is 0 Å². The van der Waals surface area contributed by atoms with Gasteiger partial charge in [0.15, 0.2) is 28.6 Å². The van der Waals surface area contributed by atoms with E-state index in [1.807, 2.05) is 0 Å². The molecule has 13 nitrogen and oxygen atoms in total. The normalized spacial score (nSPS) is 24.9. The number of hydrogen-bond donors (Lipinski definition) is 9. The highest BCUT2D eigenvalue weighted by Crippen LogP contribution is 2.43. The van der Waals surface area contributed by atoms with E-state index in [0.29, 0.717) is 6.07 Å². The zero-order valence-electron chi connectivity index (χ0n) is 17.1. The zero-order valence-corrected chi connectivity index (χ0v) is 17.1. The van der Waals surface area contributed by atoms with E-state index in [9.17, 15) is 50.8 Å². The summed E-state index contributed by atoms with van der Waals surface area (Å²) < 4.78 is 16.0. The van der Waals surface area contributed by atoms with Crippen molar-refractivity contribution in [1.29, 1.82) is 0 Å². The Morgan fingerprint density at radius 2 is 1.56 bits per heavy atom. The molecule has 4 rings (SSSR count). The van der Waals surface area contributed by atoms with Crippen molar-refractivity contribution in [1.82, 2.24) is 0 Å². The van der Waals surface area contributed by atoms with Crippen LogP contribution >= 0.6 is 0 Å². The van der Waals surface area contributed by atoms with Gasteiger partial charge in [0.1, 0.15) is 35.6 Å². The van der Waals surface area contributed by atoms with E-state index in [-0.39, 0.29) is 11.3 Å². The summed E-state index contributed by atoms with van der Waals surface area (Å²) in [6.07, 6.45) is -8.08. The number of benzene rings is 2. The summed E-state index contributed by atoms with van der Waals surface area (Å²) in [5, 5.41) is 88.8. The average molecular weight is 480 g/mol. The number of aromatic hydroxyl groups is 5. The Balaban J connectivity index is 1.78. The first-order chi connectivity index (χ1) is 16.0. The number of aliphatic hydroxyl groups excluding tert-OH is 4. The molecule has 0 radical (unpaired) electrons. The summed E-state index contributed by atoms with van der Waals surface area (Å²) in [5.74, 6) is -4.80. The molecule has 3 aromatic rings. The molecular weight excluding hydrogens is 460 g/mol. The van der Waals surface area contributed by atoms with E-state index in [1.165, 1.54) is 6.07 Å². The molecule has 1 aliphatic heterocycles. The molecule has 0 amide bonds. The molecule has 2 heterocycles. The van der Waals surface area contributed by atoms with E-state index in [1.54, 1.807) is 0 Å². The van der Waals surface area contributed by atoms with Crippen LogP contribution in [0.4, 0.5) is 0 Å². The molecule has 1 aromatic heterocycles. The molecule has 0 bridgehead atoms. The molecule has 1 aliphatic rings. The lowest BCUT2D eigenvalue weighted by Crippen LogP contribution is -2.60. The fourth-order valence-corrected chi connectivity index (χ4v) is 3.55. The third-order valence-electron chi connectivity index (χ3n) is 5.39. The Bertz CT molecular complexity index is 1300. The summed E-state index contributed by atoms with van der Waals surface area (Å²) in [5.41, 5.74) is -1.84. The predicted molar refractivity (Wildman–Crippen MR) is 111 cm³/mol. The van der Waals surface area contributed by atoms with Gasteiger partial charge in [0.25, 0.3) is 0 Å². The molecule has 182 valence electrons. The Morgan fingerprint density at radius 1 is 0.853 bits per heavy atom. The number of hydrogen-bond acceptors (Lipinski definition) is 13. The highest BCUT2D eigenvalue weighted by atomic mass is 16.7. The minimum absolute atomic E-state index is 0.0869. The standard InChI is InChI=1S/C21H20O13/c22-5-11-14(27)16(29)18(31)21(33-11)32-10-3-6(1-2-7(10)23)19-17(30)15(28)12-8(24)4-9(25)13(26)20(12)34-19/h1-4,11,14,16,18,21-27,29-31H,5H2/t11-,14-,16+,18-,21?/m1/s1. The van der Waals surface area contributed by atoms with Crippen molar-refractivity contribution in [3.63, 3.8) is 0 Å². The van der Waals surface area contributed by atoms with Crippen molar-refractivity contribution in [3.8, 4) is 45.8 Å². The number of fused-ring (bicyclic) bond motifs is 1. The van der Waals surface area contributed by atoms with E-state index >= 15 is 0 Å². The lowest BCUT2D eigenvalue weighted by Gasteiger charge is -2.39. The molecule has 5 atom stereocenters. The van der Waals surface area contributed by atoms with Gasteiger partial charge in [-0.1, -0.05) is 0 Å². The van der Waals surface area contributed by atoms with Crippen LogP contribution in [0.25, 0.3) is 22.3 Å². The summed E-state index contributed by atoms with van der Waals surface area (Å²) in [6, 6.07) is 4.01. The second-order valence-electron chi connectivity index (χ2n) is 7.57. The van der Waals surface area contributed by atoms with Crippen molar-refractivity contribution < 1.29 is 59.8 Å². The molecule has 2 aromatic carbocycles. The number of aliphatic hydroxyl groups is 4. The van der Waals surface area contributed by atoms with E-state index in [4.69, 9.17) is 13.9 Å². The monoisotopic (exact) mass is 480 g/mol. The number of phenols is 4. The quantitative estimate of drug-likeness (QED) is 0.164. The van der Waals surface area contributed by atoms with E-state index < -0.39 is 88.2 Å². The lowest BCUT2D eigenvalue weighted by molar-refractivity contribution is -0.277. The first-order valence-electron chi connectivity index (χ1n) is 9.79. The van der Waals surface area contributed by atoms with Gasteiger partial charge in [-0.05, 0) is 18.2 Å². The maximum absolute atomic E-state index is 12.6. The lowest BCUT2D eigenvalue weighted by atomic mass is 9.99. The fraction of sp³-hybridized carbons (Fsp3) is 0.286. The van der Waals surface area contributed by atoms with Gasteiger partial charge in [-0.15, -0.1) is 0 Å². The third-order valence-corrected chi connectivity index (χ3v) is 5.39. The Morgan fingerprint density at radius 3 is 2.24 bits per heavy atom. The number of phenolic OH excluding ortho intramolecular Hbond substituents is 4. The molecule has 0 saturated carbocycles. The van der Waals surface area contributed by atoms with Gasteiger partial charge in [0.05, 0.1) is 6.61 Å². The Hall–Kier alpha value is -3.75. The molecule has 1 saturated heterocycles. The van der Waals surface area contributed by atoms with Gasteiger partial charge < -0.3 is 59.8 Å². The van der Waals surface area contributed by atoms with Crippen molar-refractivity contribution >= 4 is 11.0 Å². The molecule has 0 spiro atoms. The van der Waals surface area contributed by atoms with Gasteiger partial charge in [0, 0.05) is 11.6 Å². The van der Waals surface area contributed by atoms with Gasteiger partial charge in [0.2, 0.25) is 23.2 Å². The largest absolute Gasteiger partial charge is 0.507 e. The average Bonchev–Trinajstić information content (AvgIpc) is 2.80. The van der Waals surface area contributed by atoms with Crippen molar-refractivity contribution in [2.24, 2.45) is 0 Å².